The molecule has 0 aromatic heterocycles. The van der Waals surface area contributed by atoms with Crippen LogP contribution in [0.3, 0.4) is 0 Å². The molecule has 110 valence electrons. The lowest BCUT2D eigenvalue weighted by Gasteiger charge is -2.36. The summed E-state index contributed by atoms with van der Waals surface area (Å²) in [5, 5.41) is 28.5. The summed E-state index contributed by atoms with van der Waals surface area (Å²) in [6, 6.07) is -0.858. The predicted octanol–water partition coefficient (Wildman–Crippen LogP) is -0.433. The van der Waals surface area contributed by atoms with E-state index < -0.39 is 41.0 Å². The Morgan fingerprint density at radius 1 is 1.26 bits per heavy atom. The molecule has 0 spiro atoms. The second-order valence-electron chi connectivity index (χ2n) is 4.11. The zero-order valence-corrected chi connectivity index (χ0v) is 11.7. The molecule has 19 heavy (non-hydrogen) atoms. The van der Waals surface area contributed by atoms with Gasteiger partial charge in [-0.25, -0.2) is 4.99 Å². The fraction of sp³-hybridized carbons (Fsp3) is 0.889. The van der Waals surface area contributed by atoms with Crippen LogP contribution in [0.15, 0.2) is 4.99 Å². The van der Waals surface area contributed by atoms with Crippen molar-refractivity contribution in [2.24, 2.45) is 4.99 Å². The molecule has 1 fully saturated rings. The van der Waals surface area contributed by atoms with Gasteiger partial charge >= 0.3 is 6.08 Å². The first-order chi connectivity index (χ1) is 8.81. The highest BCUT2D eigenvalue weighted by Crippen LogP contribution is 2.30. The number of aliphatic hydroxyl groups excluding tert-OH is 3. The van der Waals surface area contributed by atoms with E-state index in [0.29, 0.717) is 0 Å². The molecule has 0 aromatic carbocycles. The van der Waals surface area contributed by atoms with Crippen LogP contribution in [0.4, 0.5) is 0 Å². The van der Waals surface area contributed by atoms with Gasteiger partial charge in [-0.15, -0.1) is 0 Å². The molecule has 2 rings (SSSR count). The molecule has 2 aliphatic rings. The van der Waals surface area contributed by atoms with Gasteiger partial charge in [-0.05, 0) is 0 Å². The number of hydrogen-bond acceptors (Lipinski definition) is 7. The third-order valence-corrected chi connectivity index (χ3v) is 3.01. The van der Waals surface area contributed by atoms with Crippen LogP contribution in [0.25, 0.3) is 0 Å². The van der Waals surface area contributed by atoms with Gasteiger partial charge in [-0.2, -0.15) is 0 Å². The lowest BCUT2D eigenvalue weighted by Crippen LogP contribution is -2.56. The molecular weight excluding hydrogens is 324 g/mol. The van der Waals surface area contributed by atoms with Gasteiger partial charge in [0.05, 0.1) is 6.61 Å². The van der Waals surface area contributed by atoms with Crippen molar-refractivity contribution in [3.8, 4) is 0 Å². The molecule has 5 atom stereocenters. The summed E-state index contributed by atoms with van der Waals surface area (Å²) in [5.74, 6) is 0. The third kappa shape index (κ3) is 3.55. The van der Waals surface area contributed by atoms with Gasteiger partial charge < -0.3 is 29.5 Å². The van der Waals surface area contributed by atoms with Crippen molar-refractivity contribution in [2.45, 2.75) is 34.4 Å². The van der Waals surface area contributed by atoms with Gasteiger partial charge in [0.2, 0.25) is 10.1 Å². The van der Waals surface area contributed by atoms with Gasteiger partial charge in [0, 0.05) is 0 Å². The number of fused-ring (bicyclic) bond motifs is 1. The average Bonchev–Trinajstić information content (AvgIpc) is 2.73. The normalized spacial score (nSPS) is 38.4. The van der Waals surface area contributed by atoms with Crippen LogP contribution in [0.2, 0.25) is 0 Å². The molecule has 2 heterocycles. The highest BCUT2D eigenvalue weighted by molar-refractivity contribution is 6.67. The van der Waals surface area contributed by atoms with Crippen LogP contribution < -0.4 is 0 Å². The van der Waals surface area contributed by atoms with Crippen molar-refractivity contribution < 1.29 is 29.5 Å². The van der Waals surface area contributed by atoms with Crippen LogP contribution in [0, 0.1) is 0 Å². The van der Waals surface area contributed by atoms with Crippen molar-refractivity contribution in [2.75, 3.05) is 13.2 Å². The first kappa shape index (κ1) is 15.4. The monoisotopic (exact) mass is 335 g/mol. The summed E-state index contributed by atoms with van der Waals surface area (Å²) in [5.41, 5.74) is 0. The van der Waals surface area contributed by atoms with Crippen LogP contribution in [-0.2, 0) is 14.2 Å². The quantitative estimate of drug-likeness (QED) is 0.592. The van der Waals surface area contributed by atoms with E-state index in [1.54, 1.807) is 0 Å². The largest absolute Gasteiger partial charge is 0.446 e. The SMILES string of the molecule is OCC1OC2OC(OCC(Cl)(Cl)Cl)=NC2C(O)C1O. The minimum Gasteiger partial charge on any atom is -0.446 e. The molecule has 10 heteroatoms. The van der Waals surface area contributed by atoms with Crippen molar-refractivity contribution in [3.05, 3.63) is 0 Å². The molecule has 2 aliphatic heterocycles. The molecule has 0 radical (unpaired) electrons. The number of ether oxygens (including phenoxy) is 3. The average molecular weight is 337 g/mol. The second-order valence-corrected chi connectivity index (χ2v) is 6.63. The first-order valence-corrected chi connectivity index (χ1v) is 6.51. The summed E-state index contributed by atoms with van der Waals surface area (Å²) in [7, 11) is 0. The summed E-state index contributed by atoms with van der Waals surface area (Å²) >= 11 is 16.5. The Kier molecular flexibility index (Phi) is 4.67. The van der Waals surface area contributed by atoms with Crippen molar-refractivity contribution in [3.63, 3.8) is 0 Å². The van der Waals surface area contributed by atoms with Crippen LogP contribution in [0.1, 0.15) is 0 Å². The van der Waals surface area contributed by atoms with Gasteiger partial charge in [0.1, 0.15) is 31.0 Å². The molecular formula is C9H12Cl3NO6. The van der Waals surface area contributed by atoms with Crippen LogP contribution in [0.5, 0.6) is 0 Å². The Labute approximate surface area is 123 Å². The molecule has 0 bridgehead atoms. The molecule has 0 aromatic rings. The summed E-state index contributed by atoms with van der Waals surface area (Å²) in [6.07, 6.45) is -4.64. The Hall–Kier alpha value is -0.0200. The number of hydrogen-bond donors (Lipinski definition) is 3. The Balaban J connectivity index is 1.99. The first-order valence-electron chi connectivity index (χ1n) is 5.38. The standard InChI is InChI=1S/C9H12Cl3NO6/c10-9(11,12)2-17-8-13-4-6(16)5(15)3(1-14)18-7(4)19-8/h3-7,14-16H,1-2H2. The Bertz CT molecular complexity index is 362. The fourth-order valence-corrected chi connectivity index (χ4v) is 1.93. The molecule has 3 N–H and O–H groups in total. The number of rotatable bonds is 2. The zero-order chi connectivity index (χ0) is 14.2. The van der Waals surface area contributed by atoms with E-state index in [2.05, 4.69) is 4.99 Å². The van der Waals surface area contributed by atoms with Crippen molar-refractivity contribution in [1.82, 2.24) is 0 Å². The lowest BCUT2D eigenvalue weighted by atomic mass is 9.98. The Morgan fingerprint density at radius 3 is 2.53 bits per heavy atom. The molecule has 7 nitrogen and oxygen atoms in total. The molecule has 5 unspecified atom stereocenters. The van der Waals surface area contributed by atoms with E-state index in [4.69, 9.17) is 54.1 Å². The van der Waals surface area contributed by atoms with Gasteiger partial charge in [-0.3, -0.25) is 0 Å². The van der Waals surface area contributed by atoms with Gasteiger partial charge in [0.15, 0.2) is 0 Å². The fourth-order valence-electron chi connectivity index (χ4n) is 1.77. The van der Waals surface area contributed by atoms with Crippen molar-refractivity contribution >= 4 is 40.9 Å². The number of aliphatic imine (C=N–C) groups is 1. The van der Waals surface area contributed by atoms with Crippen LogP contribution >= 0.6 is 34.8 Å². The van der Waals surface area contributed by atoms with Gasteiger partial charge in [-0.1, -0.05) is 34.8 Å². The summed E-state index contributed by atoms with van der Waals surface area (Å²) in [6.45, 7) is -0.757. The topological polar surface area (TPSA) is 101 Å². The lowest BCUT2D eigenvalue weighted by molar-refractivity contribution is -0.236. The number of nitrogens with zero attached hydrogens (tertiary/aromatic N) is 1. The minimum absolute atomic E-state index is 0.203. The molecule has 1 saturated heterocycles. The van der Waals surface area contributed by atoms with Gasteiger partial charge in [0.25, 0.3) is 0 Å². The maximum atomic E-state index is 9.83. The molecule has 0 saturated carbocycles. The van der Waals surface area contributed by atoms with Crippen LogP contribution in [-0.4, -0.2) is 69.1 Å². The number of alkyl halides is 3. The number of aliphatic hydroxyl groups is 3. The third-order valence-electron chi connectivity index (χ3n) is 2.68. The summed E-state index contributed by atoms with van der Waals surface area (Å²) < 4.78 is 13.8. The minimum atomic E-state index is -1.63. The van der Waals surface area contributed by atoms with E-state index in [1.165, 1.54) is 0 Å². The zero-order valence-electron chi connectivity index (χ0n) is 9.45. The number of halogens is 3. The van der Waals surface area contributed by atoms with E-state index in [1.807, 2.05) is 0 Å². The van der Waals surface area contributed by atoms with E-state index >= 15 is 0 Å². The highest BCUT2D eigenvalue weighted by atomic mass is 35.6. The highest BCUT2D eigenvalue weighted by Gasteiger charge is 2.49. The molecule has 0 amide bonds. The maximum absolute atomic E-state index is 9.83. The second kappa shape index (κ2) is 5.77. The van der Waals surface area contributed by atoms with E-state index in [-0.39, 0.29) is 12.7 Å². The molecule has 0 aliphatic carbocycles. The maximum Gasteiger partial charge on any atom is 0.386 e. The Morgan fingerprint density at radius 2 is 1.95 bits per heavy atom. The van der Waals surface area contributed by atoms with E-state index in [0.717, 1.165) is 0 Å². The van der Waals surface area contributed by atoms with Crippen molar-refractivity contribution in [1.29, 1.82) is 0 Å². The predicted molar refractivity (Wildman–Crippen MR) is 66.3 cm³/mol. The van der Waals surface area contributed by atoms with E-state index in [9.17, 15) is 10.2 Å². The summed E-state index contributed by atoms with van der Waals surface area (Å²) in [4.78, 5) is 3.89. The smallest absolute Gasteiger partial charge is 0.386 e.